The van der Waals surface area contributed by atoms with Crippen molar-refractivity contribution in [3.8, 4) is 11.5 Å². The molecule has 4 rings (SSSR count). The molecule has 0 atom stereocenters. The summed E-state index contributed by atoms with van der Waals surface area (Å²) in [5, 5.41) is 7.53. The van der Waals surface area contributed by atoms with E-state index in [0.29, 0.717) is 46.1 Å². The summed E-state index contributed by atoms with van der Waals surface area (Å²) in [6.07, 6.45) is 3.38. The van der Waals surface area contributed by atoms with Crippen LogP contribution in [0.5, 0.6) is 11.5 Å². The second kappa shape index (κ2) is 8.65. The largest absolute Gasteiger partial charge is 0.494 e. The van der Waals surface area contributed by atoms with Crippen LogP contribution < -0.4 is 19.7 Å². The third-order valence-electron chi connectivity index (χ3n) is 4.59. The van der Waals surface area contributed by atoms with Crippen LogP contribution >= 0.6 is 12.2 Å². The number of ether oxygens (including phenoxy) is 2. The fraction of sp³-hybridized carbons (Fsp3) is 0.227. The smallest absolute Gasteiger partial charge is 0.281 e. The van der Waals surface area contributed by atoms with Gasteiger partial charge in [-0.05, 0) is 62.5 Å². The lowest BCUT2D eigenvalue weighted by molar-refractivity contribution is -0.113. The van der Waals surface area contributed by atoms with Gasteiger partial charge in [0, 0.05) is 19.3 Å². The summed E-state index contributed by atoms with van der Waals surface area (Å²) < 4.78 is 18.6. The van der Waals surface area contributed by atoms with Gasteiger partial charge in [0.15, 0.2) is 5.11 Å². The zero-order valence-electron chi connectivity index (χ0n) is 17.4. The summed E-state index contributed by atoms with van der Waals surface area (Å²) in [7, 11) is 1.80. The Hall–Kier alpha value is -3.59. The first-order valence-electron chi connectivity index (χ1n) is 9.76. The van der Waals surface area contributed by atoms with E-state index < -0.39 is 0 Å². The van der Waals surface area contributed by atoms with Gasteiger partial charge in [0.25, 0.3) is 5.91 Å². The lowest BCUT2D eigenvalue weighted by Crippen LogP contribution is -2.30. The van der Waals surface area contributed by atoms with Crippen LogP contribution in [0.15, 0.2) is 52.7 Å². The predicted octanol–water partition coefficient (Wildman–Crippen LogP) is 3.56. The summed E-state index contributed by atoms with van der Waals surface area (Å²) >= 11 is 5.34. The summed E-state index contributed by atoms with van der Waals surface area (Å²) in [4.78, 5) is 14.3. The van der Waals surface area contributed by atoms with E-state index in [0.717, 1.165) is 5.75 Å². The highest BCUT2D eigenvalue weighted by Crippen LogP contribution is 2.25. The Morgan fingerprint density at radius 3 is 2.52 bits per heavy atom. The molecule has 1 saturated heterocycles. The number of carbonyl (C=O) groups is 1. The van der Waals surface area contributed by atoms with Gasteiger partial charge in [-0.3, -0.25) is 9.48 Å². The van der Waals surface area contributed by atoms with E-state index >= 15 is 0 Å². The van der Waals surface area contributed by atoms with Crippen LogP contribution in [0.4, 0.5) is 5.69 Å². The van der Waals surface area contributed by atoms with Crippen molar-refractivity contribution in [3.63, 3.8) is 0 Å². The molecule has 160 valence electrons. The number of hydrogen-bond donors (Lipinski definition) is 1. The van der Waals surface area contributed by atoms with E-state index in [1.54, 1.807) is 30.1 Å². The first-order valence-corrected chi connectivity index (χ1v) is 10.2. The standard InChI is InChI=1S/C22H22N4O4S/c1-4-28-15-5-7-16(8-6-15)29-13-18-10-9-17(30-18)11-19-21(27)26(22(31)23-19)20-12-25(3)24-14(20)2/h5-12H,4,13H2,1-3H3,(H,23,31)/b19-11+. The molecule has 0 spiro atoms. The fourth-order valence-corrected chi connectivity index (χ4v) is 3.50. The number of nitrogens with one attached hydrogen (secondary N) is 1. The average Bonchev–Trinajstić information content (AvgIpc) is 3.40. The fourth-order valence-electron chi connectivity index (χ4n) is 3.21. The van der Waals surface area contributed by atoms with Crippen LogP contribution in [-0.4, -0.2) is 27.4 Å². The molecule has 0 saturated carbocycles. The van der Waals surface area contributed by atoms with Crippen molar-refractivity contribution in [2.45, 2.75) is 20.5 Å². The zero-order valence-corrected chi connectivity index (χ0v) is 18.2. The van der Waals surface area contributed by atoms with E-state index in [9.17, 15) is 4.79 Å². The number of amides is 1. The van der Waals surface area contributed by atoms with Gasteiger partial charge in [0.2, 0.25) is 0 Å². The Morgan fingerprint density at radius 1 is 1.16 bits per heavy atom. The van der Waals surface area contributed by atoms with Gasteiger partial charge in [0.1, 0.15) is 35.3 Å². The molecule has 1 N–H and O–H groups in total. The summed E-state index contributed by atoms with van der Waals surface area (Å²) in [6.45, 7) is 4.65. The zero-order chi connectivity index (χ0) is 22.0. The molecule has 0 aliphatic carbocycles. The third kappa shape index (κ3) is 4.46. The Kier molecular flexibility index (Phi) is 5.77. The maximum absolute atomic E-state index is 12.9. The molecule has 1 aromatic carbocycles. The number of furan rings is 1. The minimum Gasteiger partial charge on any atom is -0.494 e. The second-order valence-corrected chi connectivity index (χ2v) is 7.29. The molecule has 9 heteroatoms. The Balaban J connectivity index is 1.42. The molecule has 1 fully saturated rings. The number of anilines is 1. The van der Waals surface area contributed by atoms with Gasteiger partial charge in [-0.15, -0.1) is 0 Å². The summed E-state index contributed by atoms with van der Waals surface area (Å²) in [5.41, 5.74) is 1.70. The van der Waals surface area contributed by atoms with E-state index in [4.69, 9.17) is 26.1 Å². The minimum atomic E-state index is -0.260. The highest BCUT2D eigenvalue weighted by atomic mass is 32.1. The van der Waals surface area contributed by atoms with Crippen molar-refractivity contribution in [3.05, 3.63) is 65.5 Å². The Morgan fingerprint density at radius 2 is 1.87 bits per heavy atom. The van der Waals surface area contributed by atoms with Crippen LogP contribution in [0.3, 0.4) is 0 Å². The van der Waals surface area contributed by atoms with Gasteiger partial charge < -0.3 is 19.2 Å². The van der Waals surface area contributed by atoms with E-state index in [1.165, 1.54) is 4.90 Å². The highest BCUT2D eigenvalue weighted by molar-refractivity contribution is 7.80. The van der Waals surface area contributed by atoms with E-state index in [2.05, 4.69) is 10.4 Å². The molecule has 31 heavy (non-hydrogen) atoms. The van der Waals surface area contributed by atoms with Crippen molar-refractivity contribution in [2.24, 2.45) is 7.05 Å². The van der Waals surface area contributed by atoms with Crippen molar-refractivity contribution < 1.29 is 18.7 Å². The number of rotatable bonds is 7. The number of aromatic nitrogens is 2. The molecular weight excluding hydrogens is 416 g/mol. The van der Waals surface area contributed by atoms with Gasteiger partial charge >= 0.3 is 0 Å². The molecule has 0 radical (unpaired) electrons. The van der Waals surface area contributed by atoms with E-state index in [-0.39, 0.29) is 12.5 Å². The van der Waals surface area contributed by atoms with Gasteiger partial charge in [-0.25, -0.2) is 4.90 Å². The van der Waals surface area contributed by atoms with Crippen molar-refractivity contribution in [1.82, 2.24) is 15.1 Å². The monoisotopic (exact) mass is 438 g/mol. The number of thiocarbonyl (C=S) groups is 1. The molecule has 1 aliphatic rings. The molecule has 0 unspecified atom stereocenters. The molecule has 3 aromatic rings. The SMILES string of the molecule is CCOc1ccc(OCc2ccc(/C=C3/NC(=S)N(c4cn(C)nc4C)C3=O)o2)cc1. The van der Waals surface area contributed by atoms with Gasteiger partial charge in [0.05, 0.1) is 18.0 Å². The van der Waals surface area contributed by atoms with Crippen LogP contribution in [0.1, 0.15) is 24.1 Å². The van der Waals surface area contributed by atoms with Crippen molar-refractivity contribution >= 4 is 35.0 Å². The number of carbonyl (C=O) groups excluding carboxylic acids is 1. The molecule has 2 aromatic heterocycles. The first kappa shape index (κ1) is 20.7. The Labute approximate surface area is 185 Å². The topological polar surface area (TPSA) is 81.8 Å². The number of nitrogens with zero attached hydrogens (tertiary/aromatic N) is 3. The van der Waals surface area contributed by atoms with Crippen molar-refractivity contribution in [2.75, 3.05) is 11.5 Å². The van der Waals surface area contributed by atoms with Gasteiger partial charge in [-0.2, -0.15) is 5.10 Å². The first-order chi connectivity index (χ1) is 14.9. The maximum atomic E-state index is 12.9. The average molecular weight is 439 g/mol. The molecule has 8 nitrogen and oxygen atoms in total. The van der Waals surface area contributed by atoms with Crippen LogP contribution in [-0.2, 0) is 18.4 Å². The highest BCUT2D eigenvalue weighted by Gasteiger charge is 2.34. The lowest BCUT2D eigenvalue weighted by atomic mass is 10.3. The molecule has 3 heterocycles. The number of aryl methyl sites for hydroxylation is 2. The molecule has 0 bridgehead atoms. The summed E-state index contributed by atoms with van der Waals surface area (Å²) in [6, 6.07) is 11.0. The normalized spacial score (nSPS) is 14.9. The molecule has 1 aliphatic heterocycles. The number of hydrogen-bond acceptors (Lipinski definition) is 6. The lowest BCUT2D eigenvalue weighted by Gasteiger charge is -2.11. The Bertz CT molecular complexity index is 1150. The van der Waals surface area contributed by atoms with Crippen LogP contribution in [0, 0.1) is 6.92 Å². The van der Waals surface area contributed by atoms with E-state index in [1.807, 2.05) is 44.2 Å². The second-order valence-electron chi connectivity index (χ2n) is 6.90. The van der Waals surface area contributed by atoms with Crippen LogP contribution in [0.25, 0.3) is 6.08 Å². The summed E-state index contributed by atoms with van der Waals surface area (Å²) in [5.74, 6) is 2.40. The predicted molar refractivity (Wildman–Crippen MR) is 120 cm³/mol. The molecular formula is C22H22N4O4S. The maximum Gasteiger partial charge on any atom is 0.281 e. The quantitative estimate of drug-likeness (QED) is 0.446. The third-order valence-corrected chi connectivity index (χ3v) is 4.88. The van der Waals surface area contributed by atoms with Crippen molar-refractivity contribution in [1.29, 1.82) is 0 Å². The minimum absolute atomic E-state index is 0.260. The number of benzene rings is 1. The van der Waals surface area contributed by atoms with Crippen LogP contribution in [0.2, 0.25) is 0 Å². The molecule has 1 amide bonds. The van der Waals surface area contributed by atoms with Gasteiger partial charge in [-0.1, -0.05) is 0 Å².